The van der Waals surface area contributed by atoms with E-state index in [2.05, 4.69) is 5.32 Å². The lowest BCUT2D eigenvalue weighted by atomic mass is 10.1. The molecule has 2 rings (SSSR count). The van der Waals surface area contributed by atoms with E-state index in [4.69, 9.17) is 23.2 Å². The number of carbonyl (C=O) groups is 2. The molecule has 7 nitrogen and oxygen atoms in total. The Kier molecular flexibility index (Phi) is 11.7. The van der Waals surface area contributed by atoms with Crippen LogP contribution in [0.15, 0.2) is 42.5 Å². The van der Waals surface area contributed by atoms with E-state index in [9.17, 15) is 22.4 Å². The normalized spacial score (nSPS) is 13.1. The molecule has 2 aromatic carbocycles. The van der Waals surface area contributed by atoms with Gasteiger partial charge in [0.25, 0.3) is 0 Å². The minimum Gasteiger partial charge on any atom is -0.352 e. The summed E-state index contributed by atoms with van der Waals surface area (Å²) in [6.07, 6.45) is 2.15. The largest absolute Gasteiger partial charge is 0.352 e. The number of anilines is 1. The standard InChI is InChI=1S/C26H34Cl2FN3O4S/c1-5-18(3)30-26(34)23(6-2)31(17-19-13-14-20(27)16-21(19)28)25(33)12-9-15-32(37(4,35)36)24-11-8-7-10-22(24)29/h7-8,10-11,13-14,16,18,23H,5-6,9,12,15,17H2,1-4H3,(H,30,34)/t18-,23+/m1/s1. The van der Waals surface area contributed by atoms with E-state index in [1.54, 1.807) is 24.3 Å². The van der Waals surface area contributed by atoms with E-state index >= 15 is 0 Å². The van der Waals surface area contributed by atoms with E-state index in [-0.39, 0.29) is 49.5 Å². The van der Waals surface area contributed by atoms with Gasteiger partial charge in [-0.05, 0) is 56.0 Å². The number of halogens is 3. The van der Waals surface area contributed by atoms with Gasteiger partial charge in [-0.15, -0.1) is 0 Å². The zero-order valence-corrected chi connectivity index (χ0v) is 23.8. The zero-order valence-electron chi connectivity index (χ0n) is 21.5. The molecule has 0 radical (unpaired) electrons. The van der Waals surface area contributed by atoms with Crippen LogP contribution < -0.4 is 9.62 Å². The minimum absolute atomic E-state index is 0.0568. The Hall–Kier alpha value is -2.36. The highest BCUT2D eigenvalue weighted by atomic mass is 35.5. The molecule has 0 bridgehead atoms. The Morgan fingerprint density at radius 3 is 2.32 bits per heavy atom. The van der Waals surface area contributed by atoms with Crippen molar-refractivity contribution in [2.45, 2.75) is 65.1 Å². The monoisotopic (exact) mass is 573 g/mol. The predicted molar refractivity (Wildman–Crippen MR) is 147 cm³/mol. The average molecular weight is 575 g/mol. The van der Waals surface area contributed by atoms with Crippen molar-refractivity contribution in [1.29, 1.82) is 0 Å². The highest BCUT2D eigenvalue weighted by Crippen LogP contribution is 2.25. The lowest BCUT2D eigenvalue weighted by Crippen LogP contribution is -2.50. The first-order chi connectivity index (χ1) is 17.4. The Balaban J connectivity index is 2.27. The Labute approximate surface area is 229 Å². The molecule has 0 aliphatic carbocycles. The summed E-state index contributed by atoms with van der Waals surface area (Å²) in [4.78, 5) is 28.0. The van der Waals surface area contributed by atoms with Crippen molar-refractivity contribution < 1.29 is 22.4 Å². The van der Waals surface area contributed by atoms with Gasteiger partial charge in [-0.2, -0.15) is 0 Å². The SMILES string of the molecule is CC[C@@H](C)NC(=O)[C@H](CC)N(Cc1ccc(Cl)cc1Cl)C(=O)CCCN(c1ccccc1F)S(C)(=O)=O. The molecule has 0 heterocycles. The lowest BCUT2D eigenvalue weighted by Gasteiger charge is -2.32. The van der Waals surface area contributed by atoms with E-state index in [0.717, 1.165) is 17.0 Å². The third-order valence-corrected chi connectivity index (χ3v) is 7.78. The summed E-state index contributed by atoms with van der Waals surface area (Å²) in [5.74, 6) is -1.30. The molecule has 0 aliphatic heterocycles. The molecule has 0 unspecified atom stereocenters. The van der Waals surface area contributed by atoms with Crippen molar-refractivity contribution in [2.75, 3.05) is 17.1 Å². The number of amides is 2. The maximum absolute atomic E-state index is 14.3. The number of hydrogen-bond acceptors (Lipinski definition) is 4. The number of rotatable bonds is 13. The van der Waals surface area contributed by atoms with E-state index in [1.165, 1.54) is 23.1 Å². The molecule has 0 aromatic heterocycles. The van der Waals surface area contributed by atoms with Gasteiger partial charge in [-0.3, -0.25) is 13.9 Å². The molecular weight excluding hydrogens is 540 g/mol. The fourth-order valence-electron chi connectivity index (χ4n) is 3.83. The summed E-state index contributed by atoms with van der Waals surface area (Å²) in [6, 6.07) is 9.67. The maximum atomic E-state index is 14.3. The molecule has 2 atom stereocenters. The quantitative estimate of drug-likeness (QED) is 0.347. The molecule has 11 heteroatoms. The van der Waals surface area contributed by atoms with Crippen molar-refractivity contribution >= 4 is 50.7 Å². The third kappa shape index (κ3) is 8.86. The zero-order chi connectivity index (χ0) is 27.8. The fourth-order valence-corrected chi connectivity index (χ4v) is 5.26. The number of benzene rings is 2. The number of sulfonamides is 1. The molecule has 0 saturated heterocycles. The van der Waals surface area contributed by atoms with Gasteiger partial charge >= 0.3 is 0 Å². The van der Waals surface area contributed by atoms with Gasteiger partial charge in [0.15, 0.2) is 0 Å². The second kappa shape index (κ2) is 14.0. The van der Waals surface area contributed by atoms with Crippen molar-refractivity contribution in [1.82, 2.24) is 10.2 Å². The first kappa shape index (κ1) is 30.9. The van der Waals surface area contributed by atoms with Crippen LogP contribution in [0.2, 0.25) is 10.0 Å². The Morgan fingerprint density at radius 1 is 1.08 bits per heavy atom. The van der Waals surface area contributed by atoms with Gasteiger partial charge in [0.1, 0.15) is 11.9 Å². The second-order valence-corrected chi connectivity index (χ2v) is 11.6. The van der Waals surface area contributed by atoms with Crippen LogP contribution in [-0.2, 0) is 26.2 Å². The van der Waals surface area contributed by atoms with Gasteiger partial charge in [0, 0.05) is 35.6 Å². The molecule has 37 heavy (non-hydrogen) atoms. The molecular formula is C26H34Cl2FN3O4S. The molecule has 2 amide bonds. The smallest absolute Gasteiger partial charge is 0.243 e. The van der Waals surface area contributed by atoms with Crippen molar-refractivity contribution in [3.8, 4) is 0 Å². The lowest BCUT2D eigenvalue weighted by molar-refractivity contribution is -0.141. The van der Waals surface area contributed by atoms with Crippen LogP contribution in [0.5, 0.6) is 0 Å². The fraction of sp³-hybridized carbons (Fsp3) is 0.462. The number of para-hydroxylation sites is 1. The van der Waals surface area contributed by atoms with Gasteiger partial charge in [0.05, 0.1) is 11.9 Å². The maximum Gasteiger partial charge on any atom is 0.243 e. The van der Waals surface area contributed by atoms with Crippen LogP contribution in [0.3, 0.4) is 0 Å². The van der Waals surface area contributed by atoms with Gasteiger partial charge in [0.2, 0.25) is 21.8 Å². The summed E-state index contributed by atoms with van der Waals surface area (Å²) in [6.45, 7) is 5.62. The van der Waals surface area contributed by atoms with Crippen LogP contribution >= 0.6 is 23.2 Å². The number of hydrogen-bond donors (Lipinski definition) is 1. The Bertz CT molecular complexity index is 1200. The van der Waals surface area contributed by atoms with E-state index < -0.39 is 21.9 Å². The van der Waals surface area contributed by atoms with Gasteiger partial charge in [-0.1, -0.05) is 55.2 Å². The van der Waals surface area contributed by atoms with Crippen LogP contribution in [-0.4, -0.2) is 50.0 Å². The minimum atomic E-state index is -3.79. The summed E-state index contributed by atoms with van der Waals surface area (Å²) in [5.41, 5.74) is 0.542. The molecule has 0 aliphatic rings. The van der Waals surface area contributed by atoms with E-state index in [0.29, 0.717) is 22.0 Å². The van der Waals surface area contributed by atoms with Crippen molar-refractivity contribution in [2.24, 2.45) is 0 Å². The van der Waals surface area contributed by atoms with Crippen molar-refractivity contribution in [3.63, 3.8) is 0 Å². The highest BCUT2D eigenvalue weighted by molar-refractivity contribution is 7.92. The van der Waals surface area contributed by atoms with E-state index in [1.807, 2.05) is 20.8 Å². The summed E-state index contributed by atoms with van der Waals surface area (Å²) in [5, 5.41) is 3.74. The first-order valence-electron chi connectivity index (χ1n) is 12.1. The molecule has 0 saturated carbocycles. The van der Waals surface area contributed by atoms with Gasteiger partial charge < -0.3 is 10.2 Å². The molecule has 0 spiro atoms. The highest BCUT2D eigenvalue weighted by Gasteiger charge is 2.30. The average Bonchev–Trinajstić information content (AvgIpc) is 2.82. The molecule has 1 N–H and O–H groups in total. The van der Waals surface area contributed by atoms with Crippen LogP contribution in [0.4, 0.5) is 10.1 Å². The summed E-state index contributed by atoms with van der Waals surface area (Å²) < 4.78 is 40.0. The third-order valence-electron chi connectivity index (χ3n) is 6.02. The molecule has 0 fully saturated rings. The number of nitrogens with zero attached hydrogens (tertiary/aromatic N) is 2. The summed E-state index contributed by atoms with van der Waals surface area (Å²) >= 11 is 12.4. The number of carbonyl (C=O) groups excluding carboxylic acids is 2. The van der Waals surface area contributed by atoms with Crippen LogP contribution in [0.1, 0.15) is 52.0 Å². The molecule has 204 valence electrons. The van der Waals surface area contributed by atoms with Gasteiger partial charge in [-0.25, -0.2) is 12.8 Å². The first-order valence-corrected chi connectivity index (χ1v) is 14.7. The second-order valence-electron chi connectivity index (χ2n) is 8.89. The topological polar surface area (TPSA) is 86.8 Å². The van der Waals surface area contributed by atoms with Crippen molar-refractivity contribution in [3.05, 3.63) is 63.9 Å². The predicted octanol–water partition coefficient (Wildman–Crippen LogP) is 5.40. The van der Waals surface area contributed by atoms with Crippen LogP contribution in [0, 0.1) is 5.82 Å². The summed E-state index contributed by atoms with van der Waals surface area (Å²) in [7, 11) is -3.79. The van der Waals surface area contributed by atoms with Crippen LogP contribution in [0.25, 0.3) is 0 Å². The number of nitrogens with one attached hydrogen (secondary N) is 1. The Morgan fingerprint density at radius 2 is 1.76 bits per heavy atom. The molecule has 2 aromatic rings.